The average molecular weight is 259 g/mol. The van der Waals surface area contributed by atoms with Gasteiger partial charge in [0.05, 0.1) is 0 Å². The minimum Gasteiger partial charge on any atom is -0.301 e. The van der Waals surface area contributed by atoms with Crippen molar-refractivity contribution in [2.24, 2.45) is 0 Å². The molecule has 0 aliphatic heterocycles. The Morgan fingerprint density at radius 1 is 1.39 bits per heavy atom. The fourth-order valence-electron chi connectivity index (χ4n) is 2.86. The minimum atomic E-state index is 0.459. The van der Waals surface area contributed by atoms with Gasteiger partial charge in [0.25, 0.3) is 0 Å². The van der Waals surface area contributed by atoms with Crippen LogP contribution in [0, 0.1) is 4.77 Å². The van der Waals surface area contributed by atoms with Crippen LogP contribution in [0.25, 0.3) is 0 Å². The highest BCUT2D eigenvalue weighted by atomic mass is 32.1. The number of nitrogens with zero attached hydrogens (tertiary/aromatic N) is 2. The monoisotopic (exact) mass is 259 g/mol. The molecule has 1 aliphatic rings. The lowest BCUT2D eigenvalue weighted by molar-refractivity contribution is 0.425. The van der Waals surface area contributed by atoms with Crippen LogP contribution < -0.4 is 0 Å². The molecular formula is C14H17N3S. The van der Waals surface area contributed by atoms with Crippen LogP contribution in [0.15, 0.2) is 24.3 Å². The number of nitrogens with one attached hydrogen (secondary N) is 1. The van der Waals surface area contributed by atoms with Crippen LogP contribution in [-0.2, 0) is 19.3 Å². The van der Waals surface area contributed by atoms with E-state index in [9.17, 15) is 0 Å². The Balaban J connectivity index is 1.96. The van der Waals surface area contributed by atoms with Gasteiger partial charge in [-0.2, -0.15) is 5.10 Å². The van der Waals surface area contributed by atoms with Gasteiger partial charge in [-0.1, -0.05) is 31.2 Å². The predicted molar refractivity (Wildman–Crippen MR) is 74.3 cm³/mol. The van der Waals surface area contributed by atoms with Crippen molar-refractivity contribution in [1.29, 1.82) is 0 Å². The number of benzene rings is 1. The summed E-state index contributed by atoms with van der Waals surface area (Å²) >= 11 is 5.36. The number of aryl methyl sites for hydroxylation is 2. The summed E-state index contributed by atoms with van der Waals surface area (Å²) in [7, 11) is 0. The van der Waals surface area contributed by atoms with Crippen LogP contribution >= 0.6 is 12.2 Å². The van der Waals surface area contributed by atoms with Crippen molar-refractivity contribution in [2.45, 2.75) is 38.6 Å². The van der Waals surface area contributed by atoms with Crippen LogP contribution in [0.3, 0.4) is 0 Å². The van der Waals surface area contributed by atoms with Crippen LogP contribution in [-0.4, -0.2) is 14.8 Å². The molecule has 0 spiro atoms. The number of hydrogen-bond acceptors (Lipinski definition) is 2. The zero-order chi connectivity index (χ0) is 12.5. The Bertz CT molecular complexity index is 611. The van der Waals surface area contributed by atoms with Crippen molar-refractivity contribution < 1.29 is 0 Å². The molecule has 0 saturated carbocycles. The molecule has 1 aromatic heterocycles. The summed E-state index contributed by atoms with van der Waals surface area (Å²) < 4.78 is 2.97. The standard InChI is InChI=1S/C14H17N3S/c1-2-13-15-16-14(18)17(13)12-8-7-10-5-3-4-6-11(10)9-12/h3-6,12H,2,7-9H2,1H3,(H,16,18). The molecule has 0 bridgehead atoms. The second kappa shape index (κ2) is 4.69. The lowest BCUT2D eigenvalue weighted by Gasteiger charge is -2.26. The van der Waals surface area contributed by atoms with Crippen molar-refractivity contribution in [2.75, 3.05) is 0 Å². The minimum absolute atomic E-state index is 0.459. The van der Waals surface area contributed by atoms with Crippen LogP contribution in [0.4, 0.5) is 0 Å². The molecule has 0 radical (unpaired) electrons. The largest absolute Gasteiger partial charge is 0.301 e. The molecule has 3 nitrogen and oxygen atoms in total. The lowest BCUT2D eigenvalue weighted by Crippen LogP contribution is -2.20. The Kier molecular flexibility index (Phi) is 3.04. The number of hydrogen-bond donors (Lipinski definition) is 1. The highest BCUT2D eigenvalue weighted by Gasteiger charge is 2.22. The first-order valence-corrected chi connectivity index (χ1v) is 6.93. The van der Waals surface area contributed by atoms with Crippen LogP contribution in [0.2, 0.25) is 0 Å². The summed E-state index contributed by atoms with van der Waals surface area (Å²) in [4.78, 5) is 0. The van der Waals surface area contributed by atoms with E-state index in [2.05, 4.69) is 46.0 Å². The molecule has 94 valence electrons. The van der Waals surface area contributed by atoms with E-state index < -0.39 is 0 Å². The van der Waals surface area contributed by atoms with E-state index in [-0.39, 0.29) is 0 Å². The predicted octanol–water partition coefficient (Wildman–Crippen LogP) is 3.23. The van der Waals surface area contributed by atoms with E-state index in [1.165, 1.54) is 11.1 Å². The van der Waals surface area contributed by atoms with Gasteiger partial charge < -0.3 is 4.57 Å². The summed E-state index contributed by atoms with van der Waals surface area (Å²) in [6, 6.07) is 9.18. The quantitative estimate of drug-likeness (QED) is 0.840. The molecular weight excluding hydrogens is 242 g/mol. The highest BCUT2D eigenvalue weighted by molar-refractivity contribution is 7.71. The maximum atomic E-state index is 5.36. The van der Waals surface area contributed by atoms with Gasteiger partial charge in [-0.15, -0.1) is 0 Å². The Morgan fingerprint density at radius 2 is 2.17 bits per heavy atom. The van der Waals surface area contributed by atoms with E-state index in [4.69, 9.17) is 12.2 Å². The average Bonchev–Trinajstić information content (AvgIpc) is 2.79. The molecule has 0 fully saturated rings. The van der Waals surface area contributed by atoms with Gasteiger partial charge in [0.15, 0.2) is 4.77 Å². The number of aromatic nitrogens is 3. The normalized spacial score (nSPS) is 18.6. The first kappa shape index (κ1) is 11.7. The maximum Gasteiger partial charge on any atom is 0.195 e. The Morgan fingerprint density at radius 3 is 2.94 bits per heavy atom. The molecule has 1 aliphatic carbocycles. The van der Waals surface area contributed by atoms with Crippen molar-refractivity contribution in [3.63, 3.8) is 0 Å². The summed E-state index contributed by atoms with van der Waals surface area (Å²) in [5, 5.41) is 7.24. The Labute approximate surface area is 112 Å². The van der Waals surface area contributed by atoms with E-state index >= 15 is 0 Å². The van der Waals surface area contributed by atoms with Crippen LogP contribution in [0.1, 0.15) is 36.3 Å². The molecule has 1 aromatic carbocycles. The molecule has 1 heterocycles. The van der Waals surface area contributed by atoms with E-state index in [0.29, 0.717) is 6.04 Å². The van der Waals surface area contributed by atoms with E-state index in [1.807, 2.05) is 0 Å². The SMILES string of the molecule is CCc1n[nH]c(=S)n1C1CCc2ccccc2C1. The maximum absolute atomic E-state index is 5.36. The van der Waals surface area contributed by atoms with Gasteiger partial charge in [-0.3, -0.25) is 5.10 Å². The van der Waals surface area contributed by atoms with E-state index in [0.717, 1.165) is 36.3 Å². The first-order chi connectivity index (χ1) is 8.79. The third-order valence-electron chi connectivity index (χ3n) is 3.78. The third-order valence-corrected chi connectivity index (χ3v) is 4.07. The van der Waals surface area contributed by atoms with Crippen molar-refractivity contribution in [1.82, 2.24) is 14.8 Å². The zero-order valence-electron chi connectivity index (χ0n) is 10.5. The van der Waals surface area contributed by atoms with Gasteiger partial charge in [0.2, 0.25) is 0 Å². The molecule has 1 atom stereocenters. The van der Waals surface area contributed by atoms with Gasteiger partial charge in [-0.25, -0.2) is 0 Å². The zero-order valence-corrected chi connectivity index (χ0v) is 11.3. The lowest BCUT2D eigenvalue weighted by atomic mass is 9.88. The molecule has 0 amide bonds. The second-order valence-electron chi connectivity index (χ2n) is 4.83. The molecule has 18 heavy (non-hydrogen) atoms. The molecule has 0 saturated heterocycles. The Hall–Kier alpha value is -1.42. The molecule has 1 unspecified atom stereocenters. The number of fused-ring (bicyclic) bond motifs is 1. The van der Waals surface area contributed by atoms with Crippen molar-refractivity contribution in [3.05, 3.63) is 46.0 Å². The molecule has 2 aromatic rings. The van der Waals surface area contributed by atoms with Crippen molar-refractivity contribution in [3.8, 4) is 0 Å². The first-order valence-electron chi connectivity index (χ1n) is 6.52. The number of H-pyrrole nitrogens is 1. The van der Waals surface area contributed by atoms with E-state index in [1.54, 1.807) is 0 Å². The van der Waals surface area contributed by atoms with Crippen LogP contribution in [0.5, 0.6) is 0 Å². The molecule has 1 N–H and O–H groups in total. The highest BCUT2D eigenvalue weighted by Crippen LogP contribution is 2.29. The smallest absolute Gasteiger partial charge is 0.195 e. The summed E-state index contributed by atoms with van der Waals surface area (Å²) in [6.45, 7) is 2.12. The topological polar surface area (TPSA) is 33.6 Å². The number of rotatable bonds is 2. The number of aromatic amines is 1. The summed E-state index contributed by atoms with van der Waals surface area (Å²) in [6.07, 6.45) is 4.27. The fourth-order valence-corrected chi connectivity index (χ4v) is 3.16. The van der Waals surface area contributed by atoms with Gasteiger partial charge in [0, 0.05) is 12.5 Å². The van der Waals surface area contributed by atoms with Gasteiger partial charge >= 0.3 is 0 Å². The van der Waals surface area contributed by atoms with Crippen molar-refractivity contribution >= 4 is 12.2 Å². The third kappa shape index (κ3) is 1.90. The second-order valence-corrected chi connectivity index (χ2v) is 5.22. The summed E-state index contributed by atoms with van der Waals surface area (Å²) in [5.74, 6) is 1.07. The van der Waals surface area contributed by atoms with Gasteiger partial charge in [0.1, 0.15) is 5.82 Å². The molecule has 3 rings (SSSR count). The summed E-state index contributed by atoms with van der Waals surface area (Å²) in [5.41, 5.74) is 2.95. The fraction of sp³-hybridized carbons (Fsp3) is 0.429. The van der Waals surface area contributed by atoms with Gasteiger partial charge in [-0.05, 0) is 42.6 Å². The molecule has 4 heteroatoms.